The summed E-state index contributed by atoms with van der Waals surface area (Å²) in [6, 6.07) is 26.6. The van der Waals surface area contributed by atoms with Crippen molar-refractivity contribution in [3.8, 4) is 0 Å². The first kappa shape index (κ1) is 45.8. The van der Waals surface area contributed by atoms with Crippen LogP contribution in [0.1, 0.15) is 134 Å². The lowest BCUT2D eigenvalue weighted by molar-refractivity contribution is -0.176. The zero-order chi connectivity index (χ0) is 47.0. The molecule has 0 saturated heterocycles. The Bertz CT molecular complexity index is 2580. The number of aromatic nitrogens is 1. The molecule has 3 aromatic carbocycles. The summed E-state index contributed by atoms with van der Waals surface area (Å²) in [4.78, 5) is 61.3. The normalized spacial score (nSPS) is 34.0. The van der Waals surface area contributed by atoms with E-state index in [4.69, 9.17) is 9.47 Å². The summed E-state index contributed by atoms with van der Waals surface area (Å²) < 4.78 is 13.0. The summed E-state index contributed by atoms with van der Waals surface area (Å²) in [5.74, 6) is 1.10. The van der Waals surface area contributed by atoms with Gasteiger partial charge in [-0.25, -0.2) is 20.4 Å². The predicted molar refractivity (Wildman–Crippen MR) is 259 cm³/mol. The van der Waals surface area contributed by atoms with Crippen molar-refractivity contribution < 1.29 is 28.7 Å². The number of carbonyl (C=O) groups is 4. The molecule has 11 aliphatic heterocycles. The number of nitrogens with one attached hydrogen (secondary N) is 2. The maximum Gasteiger partial charge on any atom is 0.339 e. The molecule has 1 aromatic heterocycles. The quantitative estimate of drug-likeness (QED) is 0.189. The van der Waals surface area contributed by atoms with E-state index in [1.165, 1.54) is 5.56 Å². The highest BCUT2D eigenvalue weighted by molar-refractivity contribution is 5.93. The second kappa shape index (κ2) is 19.2. The molecule has 0 radical (unpaired) electrons. The van der Waals surface area contributed by atoms with E-state index in [-0.39, 0.29) is 58.6 Å². The molecule has 15 aliphatic rings. The van der Waals surface area contributed by atoms with Crippen molar-refractivity contribution in [3.63, 3.8) is 0 Å². The van der Waals surface area contributed by atoms with Gasteiger partial charge in [-0.15, -0.1) is 0 Å². The fourth-order valence-electron chi connectivity index (χ4n) is 14.0. The van der Waals surface area contributed by atoms with Crippen LogP contribution in [-0.2, 0) is 38.6 Å². The number of esters is 2. The van der Waals surface area contributed by atoms with E-state index in [1.54, 1.807) is 49.1 Å². The van der Waals surface area contributed by atoms with Crippen LogP contribution in [0.15, 0.2) is 108 Å². The third-order valence-electron chi connectivity index (χ3n) is 17.6. The molecule has 0 spiro atoms. The van der Waals surface area contributed by atoms with Crippen LogP contribution >= 0.6 is 0 Å². The van der Waals surface area contributed by atoms with Gasteiger partial charge in [0.25, 0.3) is 5.91 Å². The van der Waals surface area contributed by atoms with Crippen LogP contribution in [0.3, 0.4) is 0 Å². The van der Waals surface area contributed by atoms with Crippen molar-refractivity contribution in [2.75, 3.05) is 0 Å². The molecule has 354 valence electrons. The Balaban J connectivity index is 0.922. The molecule has 0 unspecified atom stereocenters. The Labute approximate surface area is 399 Å². The molecular formula is C56H64N6O6. The molecule has 4 aliphatic carbocycles. The number of amides is 2. The molecule has 12 bridgehead atoms. The first-order chi connectivity index (χ1) is 33.0. The highest BCUT2D eigenvalue weighted by Crippen LogP contribution is 2.69. The molecule has 2 amide bonds. The lowest BCUT2D eigenvalue weighted by Crippen LogP contribution is -2.59. The molecule has 4 saturated carbocycles. The van der Waals surface area contributed by atoms with E-state index in [2.05, 4.69) is 63.8 Å². The summed E-state index contributed by atoms with van der Waals surface area (Å²) in [5.41, 5.74) is 11.1. The number of pyridine rings is 1. The summed E-state index contributed by atoms with van der Waals surface area (Å²) >= 11 is 0. The topological polar surface area (TPSA) is 152 Å². The zero-order valence-electron chi connectivity index (χ0n) is 39.5. The van der Waals surface area contributed by atoms with Gasteiger partial charge in [0.1, 0.15) is 12.2 Å². The third kappa shape index (κ3) is 9.04. The van der Waals surface area contributed by atoms with Crippen LogP contribution in [0.5, 0.6) is 0 Å². The van der Waals surface area contributed by atoms with Crippen LogP contribution in [-0.4, -0.2) is 64.3 Å². The summed E-state index contributed by atoms with van der Waals surface area (Å²) in [5, 5.41) is 8.71. The van der Waals surface area contributed by atoms with Crippen LogP contribution in [0, 0.1) is 46.3 Å². The maximum absolute atomic E-state index is 13.9. The van der Waals surface area contributed by atoms with E-state index in [9.17, 15) is 19.2 Å². The fourth-order valence-corrected chi connectivity index (χ4v) is 14.0. The summed E-state index contributed by atoms with van der Waals surface area (Å²) in [6.45, 7) is 8.27. The molecule has 12 nitrogen and oxygen atoms in total. The van der Waals surface area contributed by atoms with Crippen LogP contribution < -0.4 is 10.9 Å². The van der Waals surface area contributed by atoms with Gasteiger partial charge in [0.15, 0.2) is 0 Å². The maximum atomic E-state index is 13.9. The first-order valence-corrected chi connectivity index (χ1v) is 24.9. The highest BCUT2D eigenvalue weighted by atomic mass is 16.5. The molecule has 12 heterocycles. The van der Waals surface area contributed by atoms with E-state index in [0.717, 1.165) is 68.1 Å². The Morgan fingerprint density at radius 3 is 2.40 bits per heavy atom. The van der Waals surface area contributed by atoms with Gasteiger partial charge >= 0.3 is 11.9 Å². The van der Waals surface area contributed by atoms with E-state index >= 15 is 0 Å². The number of ether oxygens (including phenoxy) is 2. The van der Waals surface area contributed by atoms with Crippen molar-refractivity contribution in [3.05, 3.63) is 136 Å². The van der Waals surface area contributed by atoms with Crippen molar-refractivity contribution in [2.45, 2.75) is 123 Å². The van der Waals surface area contributed by atoms with Gasteiger partial charge in [-0.3, -0.25) is 19.5 Å². The molecule has 68 heavy (non-hydrogen) atoms. The number of rotatable bonds is 2. The first-order valence-electron chi connectivity index (χ1n) is 24.9. The molecule has 4 aromatic rings. The van der Waals surface area contributed by atoms with Crippen LogP contribution in [0.2, 0.25) is 0 Å². The monoisotopic (exact) mass is 916 g/mol. The van der Waals surface area contributed by atoms with Gasteiger partial charge in [0, 0.05) is 37.3 Å². The SMILES string of the molecule is C[C@@H]1CCC(=O)N/N=C/c2ccc(cc2)CN2Cc3ccccc3C[C@H]2C(=O)N/N=C/c2cccc(c2)C(=O)O[C@@H]2CC[C@@]3(C)[C@H](CC[C@@H]4[C@@H]3C[C@H](OC(=O)c3cccnc3)[C@]3(C)[C@@H]1CC[C@@H]43)C2. The standard InChI is InChI=1S/C56H64N6O6/c1-35-13-22-51(63)60-58-30-36-14-16-37(17-15-36)33-62-34-42-10-5-4-9-39(42)27-49(62)52(64)61-59-31-38-8-6-11-40(26-38)53(65)67-44-23-24-55(2)43(28-44)18-19-45-47-21-20-46(35)56(47,3)50(29-48(45)55)68-54(66)41-12-7-25-57-32-41/h4-12,14-17,25-26,30-32,35,43-50H,13,18-24,27-29,33-34H2,1-3H3,(H,60,63)(H,61,64)/b58-30+,59-31+/t35-,43-,44-,45+,46-,47+,48+,49+,50+,55+,56-/m1/s1. The number of hydrogen-bond donors (Lipinski definition) is 2. The smallest absolute Gasteiger partial charge is 0.339 e. The van der Waals surface area contributed by atoms with Gasteiger partial charge in [0.05, 0.1) is 29.6 Å². The van der Waals surface area contributed by atoms with E-state index < -0.39 is 6.04 Å². The Hall–Kier alpha value is -6.01. The van der Waals surface area contributed by atoms with Crippen molar-refractivity contribution >= 4 is 36.2 Å². The number of nitrogens with zero attached hydrogens (tertiary/aromatic N) is 4. The number of carbonyl (C=O) groups excluding carboxylic acids is 4. The van der Waals surface area contributed by atoms with Gasteiger partial charge in [-0.05, 0) is 157 Å². The number of benzene rings is 3. The second-order valence-electron chi connectivity index (χ2n) is 21.2. The van der Waals surface area contributed by atoms with Crippen LogP contribution in [0.4, 0.5) is 0 Å². The Morgan fingerprint density at radius 2 is 1.57 bits per heavy atom. The zero-order valence-corrected chi connectivity index (χ0v) is 39.5. The molecule has 12 heteroatoms. The number of fused-ring (bicyclic) bond motifs is 1. The molecule has 19 rings (SSSR count). The Kier molecular flexibility index (Phi) is 12.9. The number of hydrazone groups is 2. The highest BCUT2D eigenvalue weighted by Gasteiger charge is 2.65. The molecule has 11 atom stereocenters. The average molecular weight is 917 g/mol. The third-order valence-corrected chi connectivity index (χ3v) is 17.6. The van der Waals surface area contributed by atoms with Crippen molar-refractivity contribution in [2.24, 2.45) is 56.5 Å². The fraction of sp³-hybridized carbons (Fsp3) is 0.482. The molecular weight excluding hydrogens is 853 g/mol. The molecule has 4 fully saturated rings. The van der Waals surface area contributed by atoms with E-state index in [0.29, 0.717) is 72.7 Å². The summed E-state index contributed by atoms with van der Waals surface area (Å²) in [6.07, 6.45) is 15.2. The average Bonchev–Trinajstić information content (AvgIpc) is 3.72. The molecule has 2 N–H and O–H groups in total. The lowest BCUT2D eigenvalue weighted by Gasteiger charge is -2.62. The van der Waals surface area contributed by atoms with Crippen LogP contribution in [0.25, 0.3) is 0 Å². The van der Waals surface area contributed by atoms with Gasteiger partial charge in [0.2, 0.25) is 5.91 Å². The van der Waals surface area contributed by atoms with Gasteiger partial charge in [-0.1, -0.05) is 81.4 Å². The van der Waals surface area contributed by atoms with Gasteiger partial charge in [-0.2, -0.15) is 10.2 Å². The minimum absolute atomic E-state index is 0.00787. The van der Waals surface area contributed by atoms with Crippen molar-refractivity contribution in [1.82, 2.24) is 20.7 Å². The van der Waals surface area contributed by atoms with Gasteiger partial charge < -0.3 is 9.47 Å². The minimum atomic E-state index is -0.451. The minimum Gasteiger partial charge on any atom is -0.459 e. The predicted octanol–water partition coefficient (Wildman–Crippen LogP) is 9.06. The van der Waals surface area contributed by atoms with Crippen molar-refractivity contribution in [1.29, 1.82) is 0 Å². The Morgan fingerprint density at radius 1 is 0.779 bits per heavy atom. The number of hydrogen-bond acceptors (Lipinski definition) is 10. The lowest BCUT2D eigenvalue weighted by atomic mass is 9.43. The second-order valence-corrected chi connectivity index (χ2v) is 21.2. The van der Waals surface area contributed by atoms with E-state index in [1.807, 2.05) is 48.5 Å². The largest absolute Gasteiger partial charge is 0.459 e. The summed E-state index contributed by atoms with van der Waals surface area (Å²) in [7, 11) is 0.